The lowest BCUT2D eigenvalue weighted by atomic mass is 10.1. The van der Waals surface area contributed by atoms with Crippen molar-refractivity contribution in [3.05, 3.63) is 0 Å². The molecule has 0 amide bonds. The number of ether oxygens (including phenoxy) is 2. The minimum absolute atomic E-state index is 0.226. The first-order valence-electron chi connectivity index (χ1n) is 4.72. The summed E-state index contributed by atoms with van der Waals surface area (Å²) in [6, 6.07) is 0. The third-order valence-corrected chi connectivity index (χ3v) is 2.14. The van der Waals surface area contributed by atoms with Gasteiger partial charge in [-0.2, -0.15) is 0 Å². The van der Waals surface area contributed by atoms with Crippen molar-refractivity contribution in [2.75, 3.05) is 26.8 Å². The number of esters is 1. The van der Waals surface area contributed by atoms with Gasteiger partial charge in [0.05, 0.1) is 19.8 Å². The van der Waals surface area contributed by atoms with Gasteiger partial charge >= 0.3 is 5.97 Å². The molecule has 0 radical (unpaired) electrons. The van der Waals surface area contributed by atoms with Crippen LogP contribution in [0.15, 0.2) is 0 Å². The average molecular weight is 187 g/mol. The van der Waals surface area contributed by atoms with Gasteiger partial charge in [-0.05, 0) is 19.3 Å². The fourth-order valence-electron chi connectivity index (χ4n) is 1.38. The summed E-state index contributed by atoms with van der Waals surface area (Å²) in [6.07, 6.45) is 3.75. The van der Waals surface area contributed by atoms with Gasteiger partial charge in [0.2, 0.25) is 0 Å². The highest BCUT2D eigenvalue weighted by atomic mass is 16.5. The lowest BCUT2D eigenvalue weighted by molar-refractivity contribution is -0.139. The van der Waals surface area contributed by atoms with Crippen molar-refractivity contribution in [1.82, 2.24) is 5.32 Å². The van der Waals surface area contributed by atoms with Crippen molar-refractivity contribution in [1.29, 1.82) is 0 Å². The maximum absolute atomic E-state index is 10.7. The highest BCUT2D eigenvalue weighted by Gasteiger charge is 2.13. The molecule has 4 nitrogen and oxygen atoms in total. The number of carbonyl (C=O) groups excluding carboxylic acids is 1. The maximum atomic E-state index is 10.7. The molecule has 76 valence electrons. The van der Waals surface area contributed by atoms with Gasteiger partial charge < -0.3 is 14.8 Å². The van der Waals surface area contributed by atoms with Crippen LogP contribution in [0.5, 0.6) is 0 Å². The van der Waals surface area contributed by atoms with Crippen molar-refractivity contribution >= 4 is 5.97 Å². The van der Waals surface area contributed by atoms with E-state index < -0.39 is 0 Å². The summed E-state index contributed by atoms with van der Waals surface area (Å²) in [7, 11) is 1.39. The smallest absolute Gasteiger partial charge is 0.319 e. The van der Waals surface area contributed by atoms with Crippen LogP contribution in [0.1, 0.15) is 19.3 Å². The zero-order chi connectivity index (χ0) is 9.52. The van der Waals surface area contributed by atoms with Crippen molar-refractivity contribution in [3.8, 4) is 0 Å². The normalized spacial score (nSPS) is 22.7. The van der Waals surface area contributed by atoms with Gasteiger partial charge in [-0.15, -0.1) is 0 Å². The van der Waals surface area contributed by atoms with E-state index >= 15 is 0 Å². The molecule has 0 aromatic carbocycles. The van der Waals surface area contributed by atoms with E-state index in [1.165, 1.54) is 13.5 Å². The minimum Gasteiger partial charge on any atom is -0.468 e. The molecule has 1 heterocycles. The van der Waals surface area contributed by atoms with Crippen molar-refractivity contribution in [3.63, 3.8) is 0 Å². The number of carbonyl (C=O) groups is 1. The quantitative estimate of drug-likeness (QED) is 0.644. The molecule has 0 aliphatic carbocycles. The molecule has 0 bridgehead atoms. The van der Waals surface area contributed by atoms with Gasteiger partial charge in [0.25, 0.3) is 0 Å². The summed E-state index contributed by atoms with van der Waals surface area (Å²) in [5, 5.41) is 3.01. The van der Waals surface area contributed by atoms with E-state index in [1.54, 1.807) is 0 Å². The zero-order valence-corrected chi connectivity index (χ0v) is 8.04. The second-order valence-electron chi connectivity index (χ2n) is 3.20. The molecule has 1 unspecified atom stereocenters. The highest BCUT2D eigenvalue weighted by molar-refractivity contribution is 5.71. The molecule has 1 aliphatic rings. The summed E-state index contributed by atoms with van der Waals surface area (Å²) in [5.41, 5.74) is 0. The Bertz CT molecular complexity index is 155. The number of methoxy groups -OCH3 is 1. The maximum Gasteiger partial charge on any atom is 0.319 e. The topological polar surface area (TPSA) is 47.6 Å². The van der Waals surface area contributed by atoms with E-state index in [0.717, 1.165) is 26.0 Å². The van der Waals surface area contributed by atoms with Crippen LogP contribution in [0.3, 0.4) is 0 Å². The Morgan fingerprint density at radius 1 is 1.62 bits per heavy atom. The van der Waals surface area contributed by atoms with E-state index in [2.05, 4.69) is 10.1 Å². The average Bonchev–Trinajstić information content (AvgIpc) is 2.19. The number of nitrogens with one attached hydrogen (secondary N) is 1. The van der Waals surface area contributed by atoms with Crippen LogP contribution in [0.25, 0.3) is 0 Å². The van der Waals surface area contributed by atoms with Gasteiger partial charge in [-0.3, -0.25) is 4.79 Å². The van der Waals surface area contributed by atoms with Crippen molar-refractivity contribution < 1.29 is 14.3 Å². The SMILES string of the molecule is COC(=O)CNCC1CCCCO1. The molecular formula is C9H17NO3. The van der Waals surface area contributed by atoms with Crippen LogP contribution >= 0.6 is 0 Å². The zero-order valence-electron chi connectivity index (χ0n) is 8.04. The predicted molar refractivity (Wildman–Crippen MR) is 48.5 cm³/mol. The second-order valence-corrected chi connectivity index (χ2v) is 3.20. The Kier molecular flexibility index (Phi) is 4.78. The first kappa shape index (κ1) is 10.5. The van der Waals surface area contributed by atoms with E-state index in [-0.39, 0.29) is 18.6 Å². The van der Waals surface area contributed by atoms with Crippen molar-refractivity contribution in [2.24, 2.45) is 0 Å². The van der Waals surface area contributed by atoms with Crippen LogP contribution in [0, 0.1) is 0 Å². The molecule has 1 aliphatic heterocycles. The Balaban J connectivity index is 2.01. The molecule has 1 rings (SSSR count). The lowest BCUT2D eigenvalue weighted by Gasteiger charge is -2.22. The largest absolute Gasteiger partial charge is 0.468 e. The highest BCUT2D eigenvalue weighted by Crippen LogP contribution is 2.11. The molecule has 0 spiro atoms. The molecule has 4 heteroatoms. The fourth-order valence-corrected chi connectivity index (χ4v) is 1.38. The molecule has 1 N–H and O–H groups in total. The summed E-state index contributed by atoms with van der Waals surface area (Å²) in [4.78, 5) is 10.7. The fraction of sp³-hybridized carbons (Fsp3) is 0.889. The van der Waals surface area contributed by atoms with Crippen LogP contribution in [-0.2, 0) is 14.3 Å². The molecule has 0 saturated carbocycles. The lowest BCUT2D eigenvalue weighted by Crippen LogP contribution is -2.34. The summed E-state index contributed by atoms with van der Waals surface area (Å²) in [5.74, 6) is -0.226. The Morgan fingerprint density at radius 3 is 3.08 bits per heavy atom. The third kappa shape index (κ3) is 4.24. The van der Waals surface area contributed by atoms with Crippen LogP contribution in [0.2, 0.25) is 0 Å². The van der Waals surface area contributed by atoms with E-state index in [0.29, 0.717) is 0 Å². The van der Waals surface area contributed by atoms with Gasteiger partial charge in [0.1, 0.15) is 0 Å². The Morgan fingerprint density at radius 2 is 2.46 bits per heavy atom. The van der Waals surface area contributed by atoms with E-state index in [9.17, 15) is 4.79 Å². The Labute approximate surface area is 78.6 Å². The monoisotopic (exact) mass is 187 g/mol. The van der Waals surface area contributed by atoms with Crippen LogP contribution < -0.4 is 5.32 Å². The van der Waals surface area contributed by atoms with Crippen molar-refractivity contribution in [2.45, 2.75) is 25.4 Å². The minimum atomic E-state index is -0.226. The first-order valence-corrected chi connectivity index (χ1v) is 4.72. The van der Waals surface area contributed by atoms with E-state index in [1.807, 2.05) is 0 Å². The summed E-state index contributed by atoms with van der Waals surface area (Å²) >= 11 is 0. The first-order chi connectivity index (χ1) is 6.33. The number of hydrogen-bond donors (Lipinski definition) is 1. The molecule has 0 aromatic rings. The molecule has 1 fully saturated rings. The number of rotatable bonds is 4. The summed E-state index contributed by atoms with van der Waals surface area (Å²) in [6.45, 7) is 1.87. The molecule has 1 saturated heterocycles. The van der Waals surface area contributed by atoms with Gasteiger partial charge in [0, 0.05) is 13.2 Å². The Hall–Kier alpha value is -0.610. The number of hydrogen-bond acceptors (Lipinski definition) is 4. The molecule has 13 heavy (non-hydrogen) atoms. The molecule has 0 aromatic heterocycles. The van der Waals surface area contributed by atoms with Crippen LogP contribution in [-0.4, -0.2) is 38.9 Å². The van der Waals surface area contributed by atoms with Crippen LogP contribution in [0.4, 0.5) is 0 Å². The second kappa shape index (κ2) is 5.94. The third-order valence-electron chi connectivity index (χ3n) is 2.14. The van der Waals surface area contributed by atoms with Gasteiger partial charge in [0.15, 0.2) is 0 Å². The summed E-state index contributed by atoms with van der Waals surface area (Å²) < 4.78 is 9.98. The molecule has 1 atom stereocenters. The standard InChI is InChI=1S/C9H17NO3/c1-12-9(11)7-10-6-8-4-2-3-5-13-8/h8,10H,2-7H2,1H3. The van der Waals surface area contributed by atoms with Gasteiger partial charge in [-0.1, -0.05) is 0 Å². The molecular weight excluding hydrogens is 170 g/mol. The van der Waals surface area contributed by atoms with Gasteiger partial charge in [-0.25, -0.2) is 0 Å². The van der Waals surface area contributed by atoms with E-state index in [4.69, 9.17) is 4.74 Å². The predicted octanol–water partition coefficient (Wildman–Crippen LogP) is 0.318.